The maximum Gasteiger partial charge on any atom is 0.270 e. The van der Waals surface area contributed by atoms with Crippen LogP contribution < -0.4 is 20.7 Å². The number of benzene rings is 1. The van der Waals surface area contributed by atoms with Gasteiger partial charge in [0.2, 0.25) is 17.7 Å². The number of pyridine rings is 1. The molecule has 4 fully saturated rings. The molecule has 3 saturated heterocycles. The van der Waals surface area contributed by atoms with E-state index >= 15 is 0 Å². The molecule has 1 saturated carbocycles. The summed E-state index contributed by atoms with van der Waals surface area (Å²) in [5.74, 6) is -1.61. The molecule has 7 heterocycles. The van der Waals surface area contributed by atoms with Crippen molar-refractivity contribution < 1.29 is 38.3 Å². The van der Waals surface area contributed by atoms with Gasteiger partial charge in [-0.2, -0.15) is 0 Å². The van der Waals surface area contributed by atoms with Gasteiger partial charge < -0.3 is 29.7 Å². The van der Waals surface area contributed by atoms with E-state index in [-0.39, 0.29) is 78.1 Å². The minimum atomic E-state index is -1.07. The second-order valence-electron chi connectivity index (χ2n) is 16.8. The summed E-state index contributed by atoms with van der Waals surface area (Å²) in [6.07, 6.45) is 8.27. The number of fused-ring (bicyclic) bond motifs is 2. The number of imide groups is 2. The first-order valence-corrected chi connectivity index (χ1v) is 21.2. The minimum Gasteiger partial charge on any atom is -0.484 e. The normalized spacial score (nSPS) is 22.0. The van der Waals surface area contributed by atoms with E-state index in [4.69, 9.17) is 4.74 Å². The number of amides is 7. The van der Waals surface area contributed by atoms with Crippen molar-refractivity contribution in [2.24, 2.45) is 5.92 Å². The number of anilines is 1. The summed E-state index contributed by atoms with van der Waals surface area (Å²) in [6.45, 7) is 3.84. The van der Waals surface area contributed by atoms with Crippen molar-refractivity contribution in [2.45, 2.75) is 88.9 Å². The van der Waals surface area contributed by atoms with Gasteiger partial charge in [0.1, 0.15) is 29.3 Å². The molecule has 19 nitrogen and oxygen atoms in total. The molecule has 3 N–H and O–H groups in total. The van der Waals surface area contributed by atoms with Crippen molar-refractivity contribution in [3.8, 4) is 5.75 Å². The first kappa shape index (κ1) is 40.6. The smallest absolute Gasteiger partial charge is 0.270 e. The van der Waals surface area contributed by atoms with Crippen LogP contribution in [0.15, 0.2) is 49.1 Å². The average Bonchev–Trinajstić information content (AvgIpc) is 3.79. The van der Waals surface area contributed by atoms with Gasteiger partial charge in [0.15, 0.2) is 18.1 Å². The number of imidazole rings is 1. The molecular formula is C43H47N11O8. The number of piperidine rings is 3. The third-order valence-electron chi connectivity index (χ3n) is 12.7. The summed E-state index contributed by atoms with van der Waals surface area (Å²) >= 11 is 0. The van der Waals surface area contributed by atoms with E-state index in [0.29, 0.717) is 62.5 Å². The molecular weight excluding hydrogens is 799 g/mol. The fourth-order valence-corrected chi connectivity index (χ4v) is 9.09. The molecule has 1 aromatic carbocycles. The number of rotatable bonds is 11. The number of carbonyl (C=O) groups excluding carboxylic acids is 7. The number of hydrogen-bond donors (Lipinski definition) is 3. The van der Waals surface area contributed by atoms with Crippen LogP contribution in [0.1, 0.15) is 101 Å². The van der Waals surface area contributed by atoms with Crippen LogP contribution in [0, 0.1) is 12.8 Å². The van der Waals surface area contributed by atoms with Gasteiger partial charge in [-0.3, -0.25) is 43.8 Å². The summed E-state index contributed by atoms with van der Waals surface area (Å²) in [5, 5.41) is 8.80. The number of hydrogen-bond acceptors (Lipinski definition) is 13. The highest BCUT2D eigenvalue weighted by Crippen LogP contribution is 2.36. The fourth-order valence-electron chi connectivity index (χ4n) is 9.09. The quantitative estimate of drug-likeness (QED) is 0.184. The van der Waals surface area contributed by atoms with Crippen LogP contribution in [0.4, 0.5) is 5.82 Å². The molecule has 62 heavy (non-hydrogen) atoms. The van der Waals surface area contributed by atoms with Crippen molar-refractivity contribution in [2.75, 3.05) is 38.1 Å². The minimum absolute atomic E-state index is 0.0262. The lowest BCUT2D eigenvalue weighted by molar-refractivity contribution is -0.137. The molecule has 9 rings (SSSR count). The second kappa shape index (κ2) is 16.9. The van der Waals surface area contributed by atoms with Crippen LogP contribution in [-0.4, -0.2) is 131 Å². The van der Waals surface area contributed by atoms with Gasteiger partial charge in [0, 0.05) is 62.8 Å². The third kappa shape index (κ3) is 8.17. The summed E-state index contributed by atoms with van der Waals surface area (Å²) in [7, 11) is 0. The topological polar surface area (TPSA) is 231 Å². The lowest BCUT2D eigenvalue weighted by Crippen LogP contribution is -2.54. The molecule has 5 aliphatic rings. The van der Waals surface area contributed by atoms with Crippen LogP contribution in [0.25, 0.3) is 11.2 Å². The molecule has 0 bridgehead atoms. The zero-order chi connectivity index (χ0) is 43.1. The van der Waals surface area contributed by atoms with E-state index < -0.39 is 29.7 Å². The second-order valence-corrected chi connectivity index (χ2v) is 16.8. The molecule has 7 amide bonds. The molecule has 3 aromatic heterocycles. The van der Waals surface area contributed by atoms with Crippen molar-refractivity contribution in [1.82, 2.24) is 49.8 Å². The molecule has 1 aliphatic carbocycles. The van der Waals surface area contributed by atoms with Gasteiger partial charge >= 0.3 is 0 Å². The highest BCUT2D eigenvalue weighted by Gasteiger charge is 2.45. The van der Waals surface area contributed by atoms with E-state index in [0.717, 1.165) is 41.9 Å². The lowest BCUT2D eigenvalue weighted by atomic mass is 9.86. The van der Waals surface area contributed by atoms with Gasteiger partial charge in [-0.15, -0.1) is 0 Å². The zero-order valence-corrected chi connectivity index (χ0v) is 34.2. The molecule has 19 heteroatoms. The maximum atomic E-state index is 13.4. The van der Waals surface area contributed by atoms with Crippen molar-refractivity contribution in [1.29, 1.82) is 0 Å². The van der Waals surface area contributed by atoms with Crippen molar-refractivity contribution in [3.63, 3.8) is 0 Å². The third-order valence-corrected chi connectivity index (χ3v) is 12.7. The Kier molecular flexibility index (Phi) is 11.1. The van der Waals surface area contributed by atoms with Gasteiger partial charge in [0.25, 0.3) is 23.6 Å². The Morgan fingerprint density at radius 1 is 0.839 bits per heavy atom. The monoisotopic (exact) mass is 845 g/mol. The number of carbonyl (C=O) groups is 7. The summed E-state index contributed by atoms with van der Waals surface area (Å²) in [6, 6.07) is 9.00. The van der Waals surface area contributed by atoms with E-state index in [2.05, 4.69) is 40.5 Å². The summed E-state index contributed by atoms with van der Waals surface area (Å²) in [4.78, 5) is 112. The SMILES string of the molecule is Cc1cccc(C(=O)NC2CC(n3cnc4c(NC5CCN(C(=O)CC6CCN(C(=O)COc7ccc8c(c7)C(=O)N(C7CCC(=O)NC7=O)C8=O)CC6)CC5)ncnc43)C2)n1. The summed E-state index contributed by atoms with van der Waals surface area (Å²) in [5.41, 5.74) is 2.85. The predicted molar refractivity (Wildman–Crippen MR) is 220 cm³/mol. The number of aryl methyl sites for hydroxylation is 1. The van der Waals surface area contributed by atoms with Gasteiger partial charge in [-0.1, -0.05) is 6.07 Å². The average molecular weight is 846 g/mol. The molecule has 4 aromatic rings. The van der Waals surface area contributed by atoms with Gasteiger partial charge in [0.05, 0.1) is 17.5 Å². The van der Waals surface area contributed by atoms with Gasteiger partial charge in [-0.25, -0.2) is 19.9 Å². The van der Waals surface area contributed by atoms with E-state index in [1.807, 2.05) is 24.0 Å². The molecule has 4 aliphatic heterocycles. The number of aromatic nitrogens is 5. The molecule has 1 atom stereocenters. The van der Waals surface area contributed by atoms with E-state index in [9.17, 15) is 33.6 Å². The van der Waals surface area contributed by atoms with Crippen molar-refractivity contribution >= 4 is 58.3 Å². The Morgan fingerprint density at radius 3 is 2.34 bits per heavy atom. The highest BCUT2D eigenvalue weighted by molar-refractivity contribution is 6.23. The van der Waals surface area contributed by atoms with Crippen LogP contribution in [-0.2, 0) is 19.2 Å². The van der Waals surface area contributed by atoms with E-state index in [1.54, 1.807) is 17.3 Å². The molecule has 0 spiro atoms. The zero-order valence-electron chi connectivity index (χ0n) is 34.2. The molecule has 0 radical (unpaired) electrons. The van der Waals surface area contributed by atoms with Crippen LogP contribution in [0.5, 0.6) is 5.75 Å². The van der Waals surface area contributed by atoms with Gasteiger partial charge in [-0.05, 0) is 88.1 Å². The van der Waals surface area contributed by atoms with Crippen LogP contribution in [0.3, 0.4) is 0 Å². The largest absolute Gasteiger partial charge is 0.484 e. The molecule has 1 unspecified atom stereocenters. The summed E-state index contributed by atoms with van der Waals surface area (Å²) < 4.78 is 7.79. The maximum absolute atomic E-state index is 13.4. The number of likely N-dealkylation sites (tertiary alicyclic amines) is 2. The van der Waals surface area contributed by atoms with Crippen molar-refractivity contribution in [3.05, 3.63) is 71.6 Å². The first-order chi connectivity index (χ1) is 30.0. The number of nitrogens with one attached hydrogen (secondary N) is 3. The number of nitrogens with zero attached hydrogens (tertiary/aromatic N) is 8. The fraction of sp³-hybridized carbons (Fsp3) is 0.465. The Bertz CT molecular complexity index is 2470. The lowest BCUT2D eigenvalue weighted by Gasteiger charge is -2.36. The molecule has 322 valence electrons. The highest BCUT2D eigenvalue weighted by atomic mass is 16.5. The Morgan fingerprint density at radius 2 is 1.58 bits per heavy atom. The standard InChI is InChI=1S/C43H47N11O8/c1-24-3-2-4-32(47-24)40(58)49-27-18-28(19-27)53-23-46-37-38(44-22-45-39(37)53)48-26-11-15-51(16-12-26)35(56)17-25-9-13-52(14-10-25)36(57)21-62-29-5-6-30-31(20-29)43(61)54(42(30)60)33-7-8-34(55)50-41(33)59/h2-6,20,22-23,25-28,33H,7-19,21H2,1H3,(H,49,58)(H,44,45,48)(H,50,55,59). The number of ether oxygens (including phenoxy) is 1. The van der Waals surface area contributed by atoms with Crippen LogP contribution in [0.2, 0.25) is 0 Å². The Hall–Kier alpha value is -6.79. The predicted octanol–water partition coefficient (Wildman–Crippen LogP) is 2.18. The Balaban J connectivity index is 0.694. The first-order valence-electron chi connectivity index (χ1n) is 21.2. The van der Waals surface area contributed by atoms with Crippen LogP contribution >= 0.6 is 0 Å². The Labute approximate surface area is 356 Å². The van der Waals surface area contributed by atoms with E-state index in [1.165, 1.54) is 24.5 Å².